The summed E-state index contributed by atoms with van der Waals surface area (Å²) in [6.45, 7) is 1.64. The maximum atomic E-state index is 11.0. The molecule has 0 bridgehead atoms. The number of carbonyl (C=O) groups is 1. The first-order valence-corrected chi connectivity index (χ1v) is 6.23. The second kappa shape index (κ2) is 6.01. The molecule has 3 nitrogen and oxygen atoms in total. The van der Waals surface area contributed by atoms with Crippen molar-refractivity contribution in [3.63, 3.8) is 0 Å². The molecule has 0 aliphatic heterocycles. The quantitative estimate of drug-likeness (QED) is 0.618. The van der Waals surface area contributed by atoms with Crippen molar-refractivity contribution in [3.8, 4) is 11.8 Å². The number of pyridine rings is 1. The number of nitrogens with zero attached hydrogens (tertiary/aromatic N) is 1. The fourth-order valence-corrected chi connectivity index (χ4v) is 1.94. The summed E-state index contributed by atoms with van der Waals surface area (Å²) in [6.07, 6.45) is 6.27. The topological polar surface area (TPSA) is 50.2 Å². The van der Waals surface area contributed by atoms with Crippen LogP contribution >= 0.6 is 0 Å². The minimum Gasteiger partial charge on any atom is -0.478 e. The summed E-state index contributed by atoms with van der Waals surface area (Å²) in [5.41, 5.74) is 3.00. The zero-order chi connectivity index (χ0) is 13.7. The monoisotopic (exact) mass is 253 g/mol. The van der Waals surface area contributed by atoms with E-state index in [9.17, 15) is 4.79 Å². The Kier molecular flexibility index (Phi) is 4.15. The molecule has 1 aromatic heterocycles. The Morgan fingerprint density at radius 2 is 2.16 bits per heavy atom. The van der Waals surface area contributed by atoms with Gasteiger partial charge in [-0.05, 0) is 55.9 Å². The van der Waals surface area contributed by atoms with E-state index in [2.05, 4.69) is 16.8 Å². The molecule has 0 saturated carbocycles. The molecular weight excluding hydrogens is 238 g/mol. The molecule has 1 aliphatic rings. The van der Waals surface area contributed by atoms with Gasteiger partial charge in [0.25, 0.3) is 0 Å². The van der Waals surface area contributed by atoms with Gasteiger partial charge in [-0.1, -0.05) is 12.0 Å². The summed E-state index contributed by atoms with van der Waals surface area (Å²) in [5.74, 6) is 5.23. The van der Waals surface area contributed by atoms with E-state index in [1.54, 1.807) is 13.1 Å². The first-order chi connectivity index (χ1) is 9.16. The summed E-state index contributed by atoms with van der Waals surface area (Å²) in [7, 11) is 0. The van der Waals surface area contributed by atoms with Crippen LogP contribution in [-0.4, -0.2) is 16.1 Å². The van der Waals surface area contributed by atoms with Gasteiger partial charge in [0.15, 0.2) is 0 Å². The molecule has 1 heterocycles. The van der Waals surface area contributed by atoms with Gasteiger partial charge in [0.1, 0.15) is 5.69 Å². The highest BCUT2D eigenvalue weighted by Gasteiger charge is 2.12. The normalized spacial score (nSPS) is 17.0. The van der Waals surface area contributed by atoms with Gasteiger partial charge >= 0.3 is 5.97 Å². The van der Waals surface area contributed by atoms with Crippen molar-refractivity contribution in [2.45, 2.75) is 26.2 Å². The van der Waals surface area contributed by atoms with Crippen LogP contribution in [0.1, 0.15) is 31.9 Å². The molecule has 0 saturated heterocycles. The third-order valence-electron chi connectivity index (χ3n) is 3.06. The Morgan fingerprint density at radius 1 is 1.32 bits per heavy atom. The molecule has 96 valence electrons. The number of hydrogen-bond acceptors (Lipinski definition) is 2. The minimum atomic E-state index is -0.856. The fraction of sp³-hybridized carbons (Fsp3) is 0.250. The van der Waals surface area contributed by atoms with Crippen LogP contribution in [0.2, 0.25) is 0 Å². The van der Waals surface area contributed by atoms with Crippen molar-refractivity contribution in [2.24, 2.45) is 0 Å². The lowest BCUT2D eigenvalue weighted by Gasteiger charge is -2.12. The number of rotatable bonds is 1. The third-order valence-corrected chi connectivity index (χ3v) is 3.06. The van der Waals surface area contributed by atoms with E-state index in [4.69, 9.17) is 5.11 Å². The van der Waals surface area contributed by atoms with Crippen molar-refractivity contribution in [3.05, 3.63) is 52.9 Å². The smallest absolute Gasteiger partial charge is 0.331 e. The summed E-state index contributed by atoms with van der Waals surface area (Å²) >= 11 is 0. The van der Waals surface area contributed by atoms with Gasteiger partial charge in [-0.25, -0.2) is 9.78 Å². The Hall–Kier alpha value is -2.34. The van der Waals surface area contributed by atoms with Gasteiger partial charge in [0.2, 0.25) is 0 Å². The van der Waals surface area contributed by atoms with Crippen LogP contribution < -0.4 is 0 Å². The van der Waals surface area contributed by atoms with E-state index < -0.39 is 5.97 Å². The number of hydrogen-bond donors (Lipinski definition) is 1. The molecule has 2 rings (SSSR count). The molecule has 0 unspecified atom stereocenters. The molecule has 1 aromatic rings. The molecule has 0 fully saturated rings. The summed E-state index contributed by atoms with van der Waals surface area (Å²) < 4.78 is 0. The molecule has 19 heavy (non-hydrogen) atoms. The van der Waals surface area contributed by atoms with Gasteiger partial charge in [-0.15, -0.1) is 0 Å². The van der Waals surface area contributed by atoms with E-state index in [1.165, 1.54) is 0 Å². The number of allylic oxidation sites excluding steroid dienone is 3. The first-order valence-electron chi connectivity index (χ1n) is 6.23. The highest BCUT2D eigenvalue weighted by molar-refractivity contribution is 5.87. The number of aliphatic carboxylic acids is 1. The summed E-state index contributed by atoms with van der Waals surface area (Å²) in [4.78, 5) is 15.1. The zero-order valence-electron chi connectivity index (χ0n) is 10.8. The minimum absolute atomic E-state index is 0.414. The van der Waals surface area contributed by atoms with Gasteiger partial charge in [0.05, 0.1) is 0 Å². The number of carboxylic acids is 1. The van der Waals surface area contributed by atoms with Crippen LogP contribution in [0.5, 0.6) is 0 Å². The number of aromatic nitrogens is 1. The Labute approximate surface area is 112 Å². The standard InChI is InChI=1S/C16H15NO2/c1-12(16(18)19)14-6-4-5-13(11-14)8-9-15-7-2-3-10-17-15/h2-3,7,10-11H,4-6H2,1H3,(H,18,19). The Morgan fingerprint density at radius 3 is 2.84 bits per heavy atom. The van der Waals surface area contributed by atoms with Gasteiger partial charge in [0, 0.05) is 17.3 Å². The highest BCUT2D eigenvalue weighted by Crippen LogP contribution is 2.24. The predicted molar refractivity (Wildman–Crippen MR) is 73.4 cm³/mol. The van der Waals surface area contributed by atoms with Gasteiger partial charge < -0.3 is 5.11 Å². The molecule has 0 spiro atoms. The third kappa shape index (κ3) is 3.56. The van der Waals surface area contributed by atoms with E-state index in [0.717, 1.165) is 36.1 Å². The van der Waals surface area contributed by atoms with E-state index in [0.29, 0.717) is 5.57 Å². The SMILES string of the molecule is CC(C(=O)O)=C1C=C(C#Cc2ccccn2)CCC1. The van der Waals surface area contributed by atoms with E-state index in [1.807, 2.05) is 24.3 Å². The van der Waals surface area contributed by atoms with Crippen molar-refractivity contribution in [2.75, 3.05) is 0 Å². The predicted octanol–water partition coefficient (Wildman–Crippen LogP) is 2.94. The van der Waals surface area contributed by atoms with Crippen LogP contribution in [0, 0.1) is 11.8 Å². The zero-order valence-corrected chi connectivity index (χ0v) is 10.8. The van der Waals surface area contributed by atoms with Crippen LogP contribution in [-0.2, 0) is 4.79 Å². The molecule has 3 heteroatoms. The lowest BCUT2D eigenvalue weighted by molar-refractivity contribution is -0.132. The van der Waals surface area contributed by atoms with Crippen LogP contribution in [0.3, 0.4) is 0 Å². The fourth-order valence-electron chi connectivity index (χ4n) is 1.94. The Bertz CT molecular complexity index is 601. The van der Waals surface area contributed by atoms with E-state index >= 15 is 0 Å². The second-order valence-electron chi connectivity index (χ2n) is 4.44. The average Bonchev–Trinajstić information content (AvgIpc) is 2.45. The first kappa shape index (κ1) is 13.1. The molecular formula is C16H15NO2. The molecule has 0 atom stereocenters. The van der Waals surface area contributed by atoms with Crippen LogP contribution in [0.25, 0.3) is 0 Å². The maximum Gasteiger partial charge on any atom is 0.331 e. The second-order valence-corrected chi connectivity index (χ2v) is 4.44. The van der Waals surface area contributed by atoms with Crippen molar-refractivity contribution < 1.29 is 9.90 Å². The molecule has 1 N–H and O–H groups in total. The molecule has 0 radical (unpaired) electrons. The summed E-state index contributed by atoms with van der Waals surface area (Å²) in [5, 5.41) is 9.00. The lowest BCUT2D eigenvalue weighted by atomic mass is 9.92. The molecule has 0 aromatic carbocycles. The number of carboxylic acid groups (broad SMARTS) is 1. The lowest BCUT2D eigenvalue weighted by Crippen LogP contribution is -2.03. The van der Waals surface area contributed by atoms with Crippen molar-refractivity contribution in [1.29, 1.82) is 0 Å². The van der Waals surface area contributed by atoms with Gasteiger partial charge in [-0.3, -0.25) is 0 Å². The molecule has 1 aliphatic carbocycles. The average molecular weight is 253 g/mol. The Balaban J connectivity index is 2.24. The summed E-state index contributed by atoms with van der Waals surface area (Å²) in [6, 6.07) is 5.60. The maximum absolute atomic E-state index is 11.0. The molecule has 0 amide bonds. The van der Waals surface area contributed by atoms with Gasteiger partial charge in [-0.2, -0.15) is 0 Å². The highest BCUT2D eigenvalue weighted by atomic mass is 16.4. The van der Waals surface area contributed by atoms with Crippen molar-refractivity contribution >= 4 is 5.97 Å². The van der Waals surface area contributed by atoms with Crippen molar-refractivity contribution in [1.82, 2.24) is 4.98 Å². The largest absolute Gasteiger partial charge is 0.478 e. The van der Waals surface area contributed by atoms with Crippen LogP contribution in [0.15, 0.2) is 47.2 Å². The van der Waals surface area contributed by atoms with E-state index in [-0.39, 0.29) is 0 Å². The van der Waals surface area contributed by atoms with Crippen LogP contribution in [0.4, 0.5) is 0 Å².